The van der Waals surface area contributed by atoms with Crippen molar-refractivity contribution >= 4 is 28.1 Å². The van der Waals surface area contributed by atoms with Crippen molar-refractivity contribution < 1.29 is 9.69 Å². The average molecular weight is 449 g/mol. The quantitative estimate of drug-likeness (QED) is 0.456. The number of carbonyl (C=O) groups is 1. The molecule has 0 radical (unpaired) electrons. The van der Waals surface area contributed by atoms with Gasteiger partial charge in [-0.15, -0.1) is 0 Å². The Hall–Kier alpha value is -2.76. The summed E-state index contributed by atoms with van der Waals surface area (Å²) < 4.78 is 0.975. The van der Waals surface area contributed by atoms with Crippen LogP contribution in [0.5, 0.6) is 0 Å². The number of hydrogen-bond donors (Lipinski definition) is 2. The predicted octanol–water partition coefficient (Wildman–Crippen LogP) is 3.35. The molecule has 0 spiro atoms. The summed E-state index contributed by atoms with van der Waals surface area (Å²) in [4.78, 5) is 13.9. The summed E-state index contributed by atoms with van der Waals surface area (Å²) in [6.45, 7) is 3.17. The van der Waals surface area contributed by atoms with Crippen molar-refractivity contribution in [2.75, 3.05) is 6.54 Å². The first-order valence-corrected chi connectivity index (χ1v) is 10.5. The van der Waals surface area contributed by atoms with E-state index in [2.05, 4.69) is 50.7 Å². The van der Waals surface area contributed by atoms with Crippen molar-refractivity contribution in [3.63, 3.8) is 0 Å². The van der Waals surface area contributed by atoms with E-state index in [1.54, 1.807) is 11.1 Å². The molecule has 0 saturated heterocycles. The van der Waals surface area contributed by atoms with Crippen LogP contribution in [-0.4, -0.2) is 18.7 Å². The van der Waals surface area contributed by atoms with E-state index in [1.807, 2.05) is 48.5 Å². The Balaban J connectivity index is 1.32. The van der Waals surface area contributed by atoms with Gasteiger partial charge in [-0.05, 0) is 35.4 Å². The number of benzene rings is 3. The standard InChI is InChI=1S/C24H22BrN3O/c25-23-7-3-4-19(14-23)15-26-27-24(29)21-10-8-18(9-11-21)16-28-13-12-20-5-1-2-6-22(20)17-28/h1-11,14-15H,12-13,16-17H2,(H,27,29)/p+1. The zero-order chi connectivity index (χ0) is 20.1. The molecule has 146 valence electrons. The lowest BCUT2D eigenvalue weighted by molar-refractivity contribution is -0.929. The van der Waals surface area contributed by atoms with Crippen molar-refractivity contribution in [2.24, 2.45) is 5.10 Å². The maximum absolute atomic E-state index is 12.3. The first kappa shape index (κ1) is 19.6. The molecule has 0 saturated carbocycles. The Kier molecular flexibility index (Phi) is 6.17. The third-order valence-corrected chi connectivity index (χ3v) is 5.70. The van der Waals surface area contributed by atoms with Gasteiger partial charge in [-0.1, -0.05) is 64.5 Å². The number of fused-ring (bicyclic) bond motifs is 1. The fraction of sp³-hybridized carbons (Fsp3) is 0.167. The van der Waals surface area contributed by atoms with Gasteiger partial charge in [-0.25, -0.2) is 5.43 Å². The van der Waals surface area contributed by atoms with Crippen LogP contribution in [-0.2, 0) is 19.5 Å². The summed E-state index contributed by atoms with van der Waals surface area (Å²) >= 11 is 3.42. The van der Waals surface area contributed by atoms with Gasteiger partial charge < -0.3 is 4.90 Å². The molecule has 1 heterocycles. The van der Waals surface area contributed by atoms with Crippen molar-refractivity contribution in [3.05, 3.63) is 105 Å². The highest BCUT2D eigenvalue weighted by atomic mass is 79.9. The van der Waals surface area contributed by atoms with E-state index in [9.17, 15) is 4.79 Å². The summed E-state index contributed by atoms with van der Waals surface area (Å²) in [5.74, 6) is -0.206. The zero-order valence-corrected chi connectivity index (χ0v) is 17.7. The van der Waals surface area contributed by atoms with Gasteiger partial charge in [0.15, 0.2) is 0 Å². The normalized spacial score (nSPS) is 15.8. The highest BCUT2D eigenvalue weighted by Crippen LogP contribution is 2.12. The molecule has 29 heavy (non-hydrogen) atoms. The van der Waals surface area contributed by atoms with Gasteiger partial charge in [0.2, 0.25) is 0 Å². The molecule has 1 atom stereocenters. The second-order valence-electron chi connectivity index (χ2n) is 7.32. The van der Waals surface area contributed by atoms with E-state index in [0.717, 1.165) is 36.1 Å². The van der Waals surface area contributed by atoms with Gasteiger partial charge in [0.1, 0.15) is 13.1 Å². The van der Waals surface area contributed by atoms with E-state index < -0.39 is 0 Å². The maximum Gasteiger partial charge on any atom is 0.271 e. The van der Waals surface area contributed by atoms with Gasteiger partial charge in [0.25, 0.3) is 5.91 Å². The molecule has 0 aliphatic carbocycles. The molecule has 3 aromatic carbocycles. The number of carbonyl (C=O) groups excluding carboxylic acids is 1. The molecule has 5 heteroatoms. The second kappa shape index (κ2) is 9.16. The Morgan fingerprint density at radius 2 is 1.83 bits per heavy atom. The van der Waals surface area contributed by atoms with Gasteiger partial charge in [-0.3, -0.25) is 4.79 Å². The zero-order valence-electron chi connectivity index (χ0n) is 16.1. The SMILES string of the molecule is O=C(NN=Cc1cccc(Br)c1)c1ccc(C[NH+]2CCc3ccccc3C2)cc1. The minimum absolute atomic E-state index is 0.206. The van der Waals surface area contributed by atoms with Crippen molar-refractivity contribution in [1.29, 1.82) is 0 Å². The molecule has 0 bridgehead atoms. The minimum atomic E-state index is -0.206. The van der Waals surface area contributed by atoms with E-state index in [4.69, 9.17) is 0 Å². The van der Waals surface area contributed by atoms with Crippen LogP contribution in [0.15, 0.2) is 82.4 Å². The van der Waals surface area contributed by atoms with Crippen molar-refractivity contribution in [2.45, 2.75) is 19.5 Å². The fourth-order valence-corrected chi connectivity index (χ4v) is 4.09. The fourth-order valence-electron chi connectivity index (χ4n) is 3.67. The van der Waals surface area contributed by atoms with Crippen LogP contribution in [0.3, 0.4) is 0 Å². The molecular weight excluding hydrogens is 426 g/mol. The monoisotopic (exact) mass is 448 g/mol. The van der Waals surface area contributed by atoms with Crippen LogP contribution < -0.4 is 10.3 Å². The second-order valence-corrected chi connectivity index (χ2v) is 8.24. The number of nitrogens with zero attached hydrogens (tertiary/aromatic N) is 1. The topological polar surface area (TPSA) is 45.9 Å². The van der Waals surface area contributed by atoms with Crippen LogP contribution in [0.2, 0.25) is 0 Å². The Bertz CT molecular complexity index is 1030. The van der Waals surface area contributed by atoms with E-state index in [1.165, 1.54) is 16.7 Å². The van der Waals surface area contributed by atoms with Gasteiger partial charge >= 0.3 is 0 Å². The van der Waals surface area contributed by atoms with Crippen LogP contribution in [0.1, 0.15) is 32.6 Å². The summed E-state index contributed by atoms with van der Waals surface area (Å²) in [5.41, 5.74) is 8.29. The summed E-state index contributed by atoms with van der Waals surface area (Å²) in [6, 6.07) is 24.3. The first-order chi connectivity index (χ1) is 14.2. The lowest BCUT2D eigenvalue weighted by Crippen LogP contribution is -3.10. The van der Waals surface area contributed by atoms with Gasteiger partial charge in [0.05, 0.1) is 12.8 Å². The van der Waals surface area contributed by atoms with E-state index in [-0.39, 0.29) is 5.91 Å². The third-order valence-electron chi connectivity index (χ3n) is 5.21. The number of hydrogen-bond acceptors (Lipinski definition) is 2. The Morgan fingerprint density at radius 1 is 1.03 bits per heavy atom. The van der Waals surface area contributed by atoms with Crippen molar-refractivity contribution in [1.82, 2.24) is 5.43 Å². The largest absolute Gasteiger partial charge is 0.327 e. The lowest BCUT2D eigenvalue weighted by atomic mass is 9.99. The number of hydrazone groups is 1. The van der Waals surface area contributed by atoms with Gasteiger partial charge in [-0.2, -0.15) is 5.10 Å². The molecule has 0 aromatic heterocycles. The lowest BCUT2D eigenvalue weighted by Gasteiger charge is -2.26. The van der Waals surface area contributed by atoms with E-state index >= 15 is 0 Å². The minimum Gasteiger partial charge on any atom is -0.327 e. The number of rotatable bonds is 5. The molecule has 0 fully saturated rings. The number of halogens is 1. The van der Waals surface area contributed by atoms with Crippen LogP contribution in [0.25, 0.3) is 0 Å². The Labute approximate surface area is 179 Å². The molecule has 1 aliphatic heterocycles. The molecule has 1 unspecified atom stereocenters. The summed E-state index contributed by atoms with van der Waals surface area (Å²) in [5, 5.41) is 4.05. The van der Waals surface area contributed by atoms with Crippen LogP contribution in [0, 0.1) is 0 Å². The molecule has 1 aliphatic rings. The third kappa shape index (κ3) is 5.19. The maximum atomic E-state index is 12.3. The highest BCUT2D eigenvalue weighted by Gasteiger charge is 2.19. The average Bonchev–Trinajstić information content (AvgIpc) is 2.74. The van der Waals surface area contributed by atoms with Crippen molar-refractivity contribution in [3.8, 4) is 0 Å². The predicted molar refractivity (Wildman–Crippen MR) is 119 cm³/mol. The molecule has 2 N–H and O–H groups in total. The first-order valence-electron chi connectivity index (χ1n) is 9.75. The Morgan fingerprint density at radius 3 is 2.62 bits per heavy atom. The van der Waals surface area contributed by atoms with E-state index in [0.29, 0.717) is 5.56 Å². The molecule has 3 aromatic rings. The summed E-state index contributed by atoms with van der Waals surface area (Å²) in [7, 11) is 0. The van der Waals surface area contributed by atoms with Gasteiger partial charge in [0, 0.05) is 27.6 Å². The smallest absolute Gasteiger partial charge is 0.271 e. The van der Waals surface area contributed by atoms with Crippen LogP contribution in [0.4, 0.5) is 0 Å². The molecule has 4 rings (SSSR count). The van der Waals surface area contributed by atoms with Crippen LogP contribution >= 0.6 is 15.9 Å². The molecule has 4 nitrogen and oxygen atoms in total. The highest BCUT2D eigenvalue weighted by molar-refractivity contribution is 9.10. The number of quaternary nitrogens is 1. The number of nitrogens with one attached hydrogen (secondary N) is 2. The number of amides is 1. The molecule has 1 amide bonds. The summed E-state index contributed by atoms with van der Waals surface area (Å²) in [6.07, 6.45) is 2.76. The molecular formula is C24H23BrN3O+.